The minimum atomic E-state index is -0.586. The highest BCUT2D eigenvalue weighted by Crippen LogP contribution is 2.09. The summed E-state index contributed by atoms with van der Waals surface area (Å²) in [4.78, 5) is 0. The second kappa shape index (κ2) is 4.35. The zero-order valence-electron chi connectivity index (χ0n) is 7.67. The largest absolute Gasteiger partial charge is 0.390 e. The van der Waals surface area contributed by atoms with E-state index in [-0.39, 0.29) is 0 Å². The van der Waals surface area contributed by atoms with Gasteiger partial charge in [-0.3, -0.25) is 0 Å². The number of aliphatic hydroxyl groups is 1. The Morgan fingerprint density at radius 3 is 2.45 bits per heavy atom. The minimum Gasteiger partial charge on any atom is -0.390 e. The van der Waals surface area contributed by atoms with Crippen LogP contribution < -0.4 is 0 Å². The Hall–Kier alpha value is -0.560. The van der Waals surface area contributed by atoms with Crippen molar-refractivity contribution in [1.82, 2.24) is 0 Å². The Morgan fingerprint density at radius 1 is 1.55 bits per heavy atom. The van der Waals surface area contributed by atoms with E-state index in [0.717, 1.165) is 0 Å². The maximum Gasteiger partial charge on any atom is 0.0626 e. The van der Waals surface area contributed by atoms with Crippen molar-refractivity contribution in [3.8, 4) is 0 Å². The lowest BCUT2D eigenvalue weighted by Crippen LogP contribution is -2.16. The predicted molar refractivity (Wildman–Crippen MR) is 49.4 cm³/mol. The van der Waals surface area contributed by atoms with Gasteiger partial charge in [-0.05, 0) is 26.2 Å². The van der Waals surface area contributed by atoms with Crippen LogP contribution in [0, 0.1) is 5.92 Å². The van der Waals surface area contributed by atoms with E-state index in [2.05, 4.69) is 13.5 Å². The van der Waals surface area contributed by atoms with Crippen molar-refractivity contribution in [3.63, 3.8) is 0 Å². The molecular weight excluding hydrogens is 136 g/mol. The van der Waals surface area contributed by atoms with Gasteiger partial charge in [-0.1, -0.05) is 25.2 Å². The molecule has 1 nitrogen and oxygen atoms in total. The van der Waals surface area contributed by atoms with Crippen molar-refractivity contribution in [2.24, 2.45) is 5.92 Å². The first-order chi connectivity index (χ1) is 4.95. The van der Waals surface area contributed by atoms with E-state index in [4.69, 9.17) is 0 Å². The van der Waals surface area contributed by atoms with E-state index in [1.807, 2.05) is 18.2 Å². The molecule has 1 atom stereocenters. The zero-order valence-corrected chi connectivity index (χ0v) is 7.67. The van der Waals surface area contributed by atoms with Gasteiger partial charge in [0, 0.05) is 0 Å². The average Bonchev–Trinajstić information content (AvgIpc) is 1.85. The maximum atomic E-state index is 9.33. The molecule has 1 N–H and O–H groups in total. The molecule has 0 spiro atoms. The second-order valence-corrected chi connectivity index (χ2v) is 3.54. The molecule has 0 amide bonds. The van der Waals surface area contributed by atoms with E-state index in [1.165, 1.54) is 0 Å². The molecule has 0 unspecified atom stereocenters. The summed E-state index contributed by atoms with van der Waals surface area (Å²) in [6.45, 7) is 9.33. The number of allylic oxidation sites excluding steroid dienone is 2. The van der Waals surface area contributed by atoms with Crippen LogP contribution in [0.1, 0.15) is 27.2 Å². The van der Waals surface area contributed by atoms with Crippen LogP contribution in [0.4, 0.5) is 0 Å². The topological polar surface area (TPSA) is 20.2 Å². The molecule has 0 rings (SSSR count). The Bertz CT molecular complexity index is 139. The Morgan fingerprint density at radius 2 is 2.09 bits per heavy atom. The van der Waals surface area contributed by atoms with Gasteiger partial charge in [-0.15, -0.1) is 6.58 Å². The quantitative estimate of drug-likeness (QED) is 0.617. The fourth-order valence-electron chi connectivity index (χ4n) is 0.650. The van der Waals surface area contributed by atoms with Crippen LogP contribution in [0.25, 0.3) is 0 Å². The first kappa shape index (κ1) is 10.4. The summed E-state index contributed by atoms with van der Waals surface area (Å²) in [6, 6.07) is 0. The van der Waals surface area contributed by atoms with E-state index in [0.29, 0.717) is 12.3 Å². The Labute approximate surface area is 69.4 Å². The number of hydrogen-bond acceptors (Lipinski definition) is 1. The van der Waals surface area contributed by atoms with Gasteiger partial charge in [-0.25, -0.2) is 0 Å². The molecule has 0 saturated carbocycles. The lowest BCUT2D eigenvalue weighted by molar-refractivity contribution is 0.0838. The highest BCUT2D eigenvalue weighted by molar-refractivity contribution is 4.96. The molecule has 64 valence electrons. The monoisotopic (exact) mass is 154 g/mol. The molecule has 0 saturated heterocycles. The van der Waals surface area contributed by atoms with Gasteiger partial charge in [-0.2, -0.15) is 0 Å². The van der Waals surface area contributed by atoms with Crippen LogP contribution in [-0.4, -0.2) is 10.7 Å². The van der Waals surface area contributed by atoms with Gasteiger partial charge in [0.15, 0.2) is 0 Å². The highest BCUT2D eigenvalue weighted by atomic mass is 16.3. The molecule has 0 heterocycles. The standard InChI is InChI=1S/C10H18O/c1-5-9(2)7-6-8-10(3,4)11/h5-7,9,11H,1,8H2,2-4H3/b7-6+/t9-/m1/s1. The van der Waals surface area contributed by atoms with Gasteiger partial charge in [0.05, 0.1) is 5.60 Å². The van der Waals surface area contributed by atoms with Crippen LogP contribution in [0.2, 0.25) is 0 Å². The highest BCUT2D eigenvalue weighted by Gasteiger charge is 2.08. The van der Waals surface area contributed by atoms with Gasteiger partial charge in [0.1, 0.15) is 0 Å². The molecule has 0 aromatic rings. The summed E-state index contributed by atoms with van der Waals surface area (Å²) in [5, 5.41) is 9.33. The molecule has 0 aliphatic carbocycles. The molecule has 0 aliphatic heterocycles. The molecule has 0 aromatic heterocycles. The van der Waals surface area contributed by atoms with Crippen molar-refractivity contribution in [2.75, 3.05) is 0 Å². The molecule has 0 fully saturated rings. The van der Waals surface area contributed by atoms with Gasteiger partial charge in [0.25, 0.3) is 0 Å². The summed E-state index contributed by atoms with van der Waals surface area (Å²) in [5.41, 5.74) is -0.586. The first-order valence-corrected chi connectivity index (χ1v) is 3.97. The molecular formula is C10H18O. The third-order valence-corrected chi connectivity index (χ3v) is 1.43. The lowest BCUT2D eigenvalue weighted by atomic mass is 10.0. The van der Waals surface area contributed by atoms with Crippen molar-refractivity contribution >= 4 is 0 Å². The number of rotatable bonds is 4. The van der Waals surface area contributed by atoms with Gasteiger partial charge in [0.2, 0.25) is 0 Å². The maximum absolute atomic E-state index is 9.33. The van der Waals surface area contributed by atoms with E-state index < -0.39 is 5.60 Å². The van der Waals surface area contributed by atoms with Crippen LogP contribution in [0.3, 0.4) is 0 Å². The molecule has 0 radical (unpaired) electrons. The van der Waals surface area contributed by atoms with Crippen molar-refractivity contribution < 1.29 is 5.11 Å². The summed E-state index contributed by atoms with van der Waals surface area (Å²) >= 11 is 0. The van der Waals surface area contributed by atoms with E-state index in [9.17, 15) is 5.11 Å². The molecule has 0 aliphatic rings. The Balaban J connectivity index is 3.69. The molecule has 0 bridgehead atoms. The van der Waals surface area contributed by atoms with Crippen molar-refractivity contribution in [1.29, 1.82) is 0 Å². The summed E-state index contributed by atoms with van der Waals surface area (Å²) < 4.78 is 0. The van der Waals surface area contributed by atoms with Gasteiger partial charge < -0.3 is 5.11 Å². The van der Waals surface area contributed by atoms with E-state index in [1.54, 1.807) is 13.8 Å². The second-order valence-electron chi connectivity index (χ2n) is 3.54. The molecule has 0 aromatic carbocycles. The summed E-state index contributed by atoms with van der Waals surface area (Å²) in [5.74, 6) is 0.400. The smallest absolute Gasteiger partial charge is 0.0626 e. The number of hydrogen-bond donors (Lipinski definition) is 1. The van der Waals surface area contributed by atoms with Crippen LogP contribution >= 0.6 is 0 Å². The van der Waals surface area contributed by atoms with Crippen LogP contribution in [-0.2, 0) is 0 Å². The molecule has 1 heteroatoms. The average molecular weight is 154 g/mol. The lowest BCUT2D eigenvalue weighted by Gasteiger charge is -2.13. The normalized spacial score (nSPS) is 15.3. The third-order valence-electron chi connectivity index (χ3n) is 1.43. The van der Waals surface area contributed by atoms with E-state index >= 15 is 0 Å². The predicted octanol–water partition coefficient (Wildman–Crippen LogP) is 2.53. The third kappa shape index (κ3) is 7.34. The minimum absolute atomic E-state index is 0.400. The van der Waals surface area contributed by atoms with Crippen LogP contribution in [0.5, 0.6) is 0 Å². The molecule has 11 heavy (non-hydrogen) atoms. The van der Waals surface area contributed by atoms with Gasteiger partial charge >= 0.3 is 0 Å². The summed E-state index contributed by atoms with van der Waals surface area (Å²) in [6.07, 6.45) is 6.61. The Kier molecular flexibility index (Phi) is 4.12. The fourth-order valence-corrected chi connectivity index (χ4v) is 0.650. The first-order valence-electron chi connectivity index (χ1n) is 3.97. The SMILES string of the molecule is C=C[C@@H](C)/C=C/CC(C)(C)O. The fraction of sp³-hybridized carbons (Fsp3) is 0.600. The summed E-state index contributed by atoms with van der Waals surface area (Å²) in [7, 11) is 0. The van der Waals surface area contributed by atoms with Crippen molar-refractivity contribution in [2.45, 2.75) is 32.8 Å². The van der Waals surface area contributed by atoms with Crippen LogP contribution in [0.15, 0.2) is 24.8 Å². The van der Waals surface area contributed by atoms with Crippen molar-refractivity contribution in [3.05, 3.63) is 24.8 Å². The zero-order chi connectivity index (χ0) is 8.91.